The van der Waals surface area contributed by atoms with Crippen LogP contribution in [0.3, 0.4) is 0 Å². The maximum absolute atomic E-state index is 13.9. The van der Waals surface area contributed by atoms with E-state index in [0.717, 1.165) is 16.8 Å². The first-order valence-electron chi connectivity index (χ1n) is 12.1. The Morgan fingerprint density at radius 2 is 1.75 bits per heavy atom. The van der Waals surface area contributed by atoms with Crippen molar-refractivity contribution in [1.29, 1.82) is 5.26 Å². The number of Topliss-reactive ketones (excluding diaryl/α,β-unsaturated/α-hetero) is 1. The molecule has 0 unspecified atom stereocenters. The van der Waals surface area contributed by atoms with Gasteiger partial charge in [-0.15, -0.1) is 0 Å². The number of methoxy groups -OCH3 is 2. The topological polar surface area (TPSA) is 77.1 Å². The number of pyridine rings is 1. The van der Waals surface area contributed by atoms with Gasteiger partial charge in [-0.1, -0.05) is 42.5 Å². The summed E-state index contributed by atoms with van der Waals surface area (Å²) >= 11 is 0. The van der Waals surface area contributed by atoms with Gasteiger partial charge in [0.15, 0.2) is 17.3 Å². The Balaban J connectivity index is 1.89. The van der Waals surface area contributed by atoms with Crippen molar-refractivity contribution in [2.75, 3.05) is 14.2 Å². The van der Waals surface area contributed by atoms with E-state index >= 15 is 0 Å². The lowest BCUT2D eigenvalue weighted by atomic mass is 9.78. The second kappa shape index (κ2) is 8.83. The van der Waals surface area contributed by atoms with E-state index in [2.05, 4.69) is 39.0 Å². The SMILES string of the molecule is COc1cccc(-c2c3c(nc4c2c(C#N)cn4C(C)(C)C)C[C@@H](c2ccccc2)CC3=O)c1OC. The number of aromatic nitrogens is 2. The van der Waals surface area contributed by atoms with E-state index in [1.807, 2.05) is 47.2 Å². The predicted octanol–water partition coefficient (Wildman–Crippen LogP) is 6.26. The lowest BCUT2D eigenvalue weighted by Gasteiger charge is -2.28. The molecule has 6 heteroatoms. The molecule has 0 N–H and O–H groups in total. The summed E-state index contributed by atoms with van der Waals surface area (Å²) in [5, 5.41) is 10.8. The van der Waals surface area contributed by atoms with Crippen molar-refractivity contribution in [2.24, 2.45) is 0 Å². The molecule has 0 aliphatic heterocycles. The number of benzene rings is 2. The van der Waals surface area contributed by atoms with Crippen LogP contribution in [-0.2, 0) is 12.0 Å². The van der Waals surface area contributed by atoms with Crippen LogP contribution in [0.25, 0.3) is 22.2 Å². The van der Waals surface area contributed by atoms with E-state index in [9.17, 15) is 10.1 Å². The molecule has 0 saturated carbocycles. The van der Waals surface area contributed by atoms with Crippen molar-refractivity contribution in [3.63, 3.8) is 0 Å². The number of ketones is 1. The van der Waals surface area contributed by atoms with Crippen LogP contribution in [0.1, 0.15) is 60.3 Å². The van der Waals surface area contributed by atoms with Gasteiger partial charge < -0.3 is 14.0 Å². The molecule has 0 fully saturated rings. The maximum Gasteiger partial charge on any atom is 0.168 e. The molecule has 182 valence electrons. The highest BCUT2D eigenvalue weighted by Crippen LogP contribution is 2.47. The number of fused-ring (bicyclic) bond motifs is 2. The van der Waals surface area contributed by atoms with Gasteiger partial charge in [0, 0.05) is 40.2 Å². The fraction of sp³-hybridized carbons (Fsp3) is 0.300. The standard InChI is InChI=1S/C30H29N3O3/c1-30(2,3)33-17-20(16-31)25-26(21-12-9-13-24(35-4)28(21)36-5)27-22(32-29(25)33)14-19(15-23(27)34)18-10-7-6-8-11-18/h6-13,17,19H,14-15H2,1-5H3/t19-/m1/s1. The number of para-hydroxylation sites is 1. The zero-order valence-corrected chi connectivity index (χ0v) is 21.3. The molecule has 6 nitrogen and oxygen atoms in total. The average molecular weight is 480 g/mol. The van der Waals surface area contributed by atoms with Gasteiger partial charge in [0.05, 0.1) is 25.5 Å². The second-order valence-electron chi connectivity index (χ2n) is 10.2. The van der Waals surface area contributed by atoms with Gasteiger partial charge in [0.25, 0.3) is 0 Å². The van der Waals surface area contributed by atoms with Crippen molar-refractivity contribution in [1.82, 2.24) is 9.55 Å². The van der Waals surface area contributed by atoms with Gasteiger partial charge in [0.1, 0.15) is 11.7 Å². The smallest absolute Gasteiger partial charge is 0.168 e. The summed E-state index contributed by atoms with van der Waals surface area (Å²) in [6.45, 7) is 6.25. The Kier molecular flexibility index (Phi) is 5.80. The van der Waals surface area contributed by atoms with Crippen LogP contribution in [0.2, 0.25) is 0 Å². The minimum Gasteiger partial charge on any atom is -0.493 e. The zero-order valence-electron chi connectivity index (χ0n) is 21.3. The molecule has 0 amide bonds. The van der Waals surface area contributed by atoms with E-state index < -0.39 is 0 Å². The van der Waals surface area contributed by atoms with Gasteiger partial charge in [-0.05, 0) is 44.7 Å². The van der Waals surface area contributed by atoms with Crippen LogP contribution in [-0.4, -0.2) is 29.6 Å². The molecule has 0 bridgehead atoms. The summed E-state index contributed by atoms with van der Waals surface area (Å²) in [5.74, 6) is 1.16. The quantitative estimate of drug-likeness (QED) is 0.345. The summed E-state index contributed by atoms with van der Waals surface area (Å²) in [7, 11) is 3.18. The lowest BCUT2D eigenvalue weighted by molar-refractivity contribution is 0.0964. The second-order valence-corrected chi connectivity index (χ2v) is 10.2. The molecule has 2 aromatic heterocycles. The monoisotopic (exact) mass is 479 g/mol. The Morgan fingerprint density at radius 3 is 2.39 bits per heavy atom. The molecule has 1 aliphatic carbocycles. The van der Waals surface area contributed by atoms with E-state index in [0.29, 0.717) is 52.1 Å². The van der Waals surface area contributed by atoms with Crippen molar-refractivity contribution in [3.8, 4) is 28.7 Å². The molecule has 5 rings (SSSR count). The fourth-order valence-corrected chi connectivity index (χ4v) is 5.29. The highest BCUT2D eigenvalue weighted by molar-refractivity contribution is 6.13. The van der Waals surface area contributed by atoms with Crippen LogP contribution in [0.5, 0.6) is 11.5 Å². The number of carbonyl (C=O) groups excluding carboxylic acids is 1. The van der Waals surface area contributed by atoms with E-state index in [1.165, 1.54) is 0 Å². The zero-order chi connectivity index (χ0) is 25.6. The average Bonchev–Trinajstić information content (AvgIpc) is 3.26. The highest BCUT2D eigenvalue weighted by atomic mass is 16.5. The first kappa shape index (κ1) is 23.6. The number of hydrogen-bond acceptors (Lipinski definition) is 5. The molecule has 2 heterocycles. The summed E-state index contributed by atoms with van der Waals surface area (Å²) < 4.78 is 13.4. The van der Waals surface area contributed by atoms with Crippen molar-refractivity contribution in [3.05, 3.63) is 77.1 Å². The van der Waals surface area contributed by atoms with E-state index in [4.69, 9.17) is 14.5 Å². The Morgan fingerprint density at radius 1 is 1.00 bits per heavy atom. The molecule has 36 heavy (non-hydrogen) atoms. The summed E-state index contributed by atoms with van der Waals surface area (Å²) in [5.41, 5.74) is 4.72. The fourth-order valence-electron chi connectivity index (χ4n) is 5.29. The molecular weight excluding hydrogens is 450 g/mol. The summed E-state index contributed by atoms with van der Waals surface area (Å²) in [6.07, 6.45) is 2.86. The number of carbonyl (C=O) groups is 1. The third-order valence-electron chi connectivity index (χ3n) is 6.95. The molecule has 2 aromatic carbocycles. The lowest BCUT2D eigenvalue weighted by Crippen LogP contribution is -2.24. The summed E-state index contributed by atoms with van der Waals surface area (Å²) in [4.78, 5) is 18.9. The van der Waals surface area contributed by atoms with Crippen molar-refractivity contribution in [2.45, 2.75) is 45.1 Å². The minimum absolute atomic E-state index is 0.0202. The minimum atomic E-state index is -0.318. The van der Waals surface area contributed by atoms with Crippen molar-refractivity contribution >= 4 is 16.8 Å². The number of rotatable bonds is 4. The van der Waals surface area contributed by atoms with Crippen LogP contribution >= 0.6 is 0 Å². The molecule has 1 aliphatic rings. The number of hydrogen-bond donors (Lipinski definition) is 0. The van der Waals surface area contributed by atoms with E-state index in [1.54, 1.807) is 14.2 Å². The van der Waals surface area contributed by atoms with Crippen LogP contribution in [0.4, 0.5) is 0 Å². The maximum atomic E-state index is 13.9. The van der Waals surface area contributed by atoms with E-state index in [-0.39, 0.29) is 17.2 Å². The molecular formula is C30H29N3O3. The summed E-state index contributed by atoms with van der Waals surface area (Å²) in [6, 6.07) is 18.1. The third kappa shape index (κ3) is 3.72. The normalized spacial score (nSPS) is 15.4. The molecule has 0 spiro atoms. The van der Waals surface area contributed by atoms with Gasteiger partial charge >= 0.3 is 0 Å². The van der Waals surface area contributed by atoms with Crippen LogP contribution < -0.4 is 9.47 Å². The molecule has 4 aromatic rings. The molecule has 0 saturated heterocycles. The Bertz CT molecular complexity index is 1520. The van der Waals surface area contributed by atoms with Crippen molar-refractivity contribution < 1.29 is 14.3 Å². The Hall–Kier alpha value is -4.11. The van der Waals surface area contributed by atoms with Gasteiger partial charge in [-0.25, -0.2) is 4.98 Å². The number of nitrogens with zero attached hydrogens (tertiary/aromatic N) is 3. The highest BCUT2D eigenvalue weighted by Gasteiger charge is 2.35. The predicted molar refractivity (Wildman–Crippen MR) is 140 cm³/mol. The van der Waals surface area contributed by atoms with Gasteiger partial charge in [-0.3, -0.25) is 4.79 Å². The van der Waals surface area contributed by atoms with Gasteiger partial charge in [0.2, 0.25) is 0 Å². The largest absolute Gasteiger partial charge is 0.493 e. The van der Waals surface area contributed by atoms with Crippen LogP contribution in [0, 0.1) is 11.3 Å². The number of nitriles is 1. The third-order valence-corrected chi connectivity index (χ3v) is 6.95. The molecule has 0 radical (unpaired) electrons. The van der Waals surface area contributed by atoms with Gasteiger partial charge in [-0.2, -0.15) is 5.26 Å². The Labute approximate surface area is 211 Å². The first-order chi connectivity index (χ1) is 17.3. The molecule has 1 atom stereocenters. The first-order valence-corrected chi connectivity index (χ1v) is 12.1. The number of ether oxygens (including phenoxy) is 2. The van der Waals surface area contributed by atoms with Crippen LogP contribution in [0.15, 0.2) is 54.7 Å².